The van der Waals surface area contributed by atoms with Crippen LogP contribution in [0.3, 0.4) is 0 Å². The molecule has 0 radical (unpaired) electrons. The predicted octanol–water partition coefficient (Wildman–Crippen LogP) is 1.27. The Hall–Kier alpha value is -1.79. The van der Waals surface area contributed by atoms with E-state index in [0.717, 1.165) is 6.92 Å². The van der Waals surface area contributed by atoms with Gasteiger partial charge in [0.1, 0.15) is 11.4 Å². The smallest absolute Gasteiger partial charge is 0.410 e. The number of hydrogen-bond donors (Lipinski definition) is 3. The van der Waals surface area contributed by atoms with Gasteiger partial charge in [0, 0.05) is 14.0 Å². The van der Waals surface area contributed by atoms with Gasteiger partial charge in [-0.3, -0.25) is 10.2 Å². The van der Waals surface area contributed by atoms with Crippen LogP contribution in [0, 0.1) is 5.41 Å². The second-order valence-corrected chi connectivity index (χ2v) is 4.74. The van der Waals surface area contributed by atoms with Crippen molar-refractivity contribution in [2.24, 2.45) is 5.73 Å². The Morgan fingerprint density at radius 3 is 1.94 bits per heavy atom. The summed E-state index contributed by atoms with van der Waals surface area (Å²) in [5.41, 5.74) is 4.75. The fourth-order valence-corrected chi connectivity index (χ4v) is 0.701. The number of ether oxygens (including phenoxy) is 1. The molecular formula is C11H23N3O4. The van der Waals surface area contributed by atoms with E-state index < -0.39 is 23.7 Å². The van der Waals surface area contributed by atoms with Crippen molar-refractivity contribution in [3.8, 4) is 0 Å². The second-order valence-electron chi connectivity index (χ2n) is 4.74. The van der Waals surface area contributed by atoms with Crippen LogP contribution in [0.2, 0.25) is 0 Å². The Labute approximate surface area is 107 Å². The van der Waals surface area contributed by atoms with Crippen LogP contribution >= 0.6 is 0 Å². The van der Waals surface area contributed by atoms with E-state index >= 15 is 0 Å². The summed E-state index contributed by atoms with van der Waals surface area (Å²) in [6, 6.07) is -0.440. The van der Waals surface area contributed by atoms with Gasteiger partial charge in [-0.05, 0) is 27.7 Å². The number of carbonyl (C=O) groups is 2. The number of carbonyl (C=O) groups excluding carboxylic acids is 1. The third-order valence-electron chi connectivity index (χ3n) is 1.71. The molecule has 0 bridgehead atoms. The fraction of sp³-hybridized carbons (Fsp3) is 0.727. The summed E-state index contributed by atoms with van der Waals surface area (Å²) >= 11 is 0. The van der Waals surface area contributed by atoms with Gasteiger partial charge in [-0.15, -0.1) is 0 Å². The van der Waals surface area contributed by atoms with Crippen molar-refractivity contribution in [1.82, 2.24) is 4.90 Å². The van der Waals surface area contributed by atoms with Gasteiger partial charge in [0.25, 0.3) is 5.97 Å². The molecule has 1 atom stereocenters. The van der Waals surface area contributed by atoms with Crippen molar-refractivity contribution in [2.75, 3.05) is 7.05 Å². The molecule has 0 aliphatic heterocycles. The minimum Gasteiger partial charge on any atom is -0.481 e. The van der Waals surface area contributed by atoms with Crippen LogP contribution in [0.25, 0.3) is 0 Å². The van der Waals surface area contributed by atoms with E-state index in [2.05, 4.69) is 0 Å². The molecule has 0 aliphatic carbocycles. The number of likely N-dealkylation sites (N-methyl/N-ethyl adjacent to an activating group) is 1. The molecule has 7 heteroatoms. The number of nitrogens with zero attached hydrogens (tertiary/aromatic N) is 1. The Balaban J connectivity index is 0. The number of aliphatic carboxylic acids is 1. The first-order valence-corrected chi connectivity index (χ1v) is 5.37. The topological polar surface area (TPSA) is 117 Å². The maximum atomic E-state index is 11.5. The first-order chi connectivity index (χ1) is 7.88. The molecule has 0 saturated carbocycles. The quantitative estimate of drug-likeness (QED) is 0.511. The maximum Gasteiger partial charge on any atom is 0.410 e. The zero-order valence-electron chi connectivity index (χ0n) is 11.8. The van der Waals surface area contributed by atoms with Gasteiger partial charge in [0.2, 0.25) is 0 Å². The lowest BCUT2D eigenvalue weighted by Gasteiger charge is -2.27. The predicted molar refractivity (Wildman–Crippen MR) is 68.7 cm³/mol. The van der Waals surface area contributed by atoms with Crippen LogP contribution in [0.1, 0.15) is 34.6 Å². The fourth-order valence-electron chi connectivity index (χ4n) is 0.701. The zero-order chi connectivity index (χ0) is 15.1. The highest BCUT2D eigenvalue weighted by Gasteiger charge is 2.23. The van der Waals surface area contributed by atoms with E-state index in [9.17, 15) is 4.79 Å². The summed E-state index contributed by atoms with van der Waals surface area (Å²) in [7, 11) is 1.56. The first-order valence-electron chi connectivity index (χ1n) is 5.37. The van der Waals surface area contributed by atoms with Gasteiger partial charge < -0.3 is 20.5 Å². The van der Waals surface area contributed by atoms with Crippen molar-refractivity contribution >= 4 is 17.9 Å². The molecule has 0 aromatic heterocycles. The summed E-state index contributed by atoms with van der Waals surface area (Å²) in [6.45, 7) is 8.12. The van der Waals surface area contributed by atoms with E-state index in [1.807, 2.05) is 0 Å². The van der Waals surface area contributed by atoms with Crippen LogP contribution in [-0.2, 0) is 9.53 Å². The molecule has 0 aromatic carbocycles. The standard InChI is InChI=1S/C9H19N3O2.C2H4O2/c1-6(7(10)11)12(5)8(13)14-9(2,3)4;1-2(3)4/h6H,1-5H3,(H3,10,11);1H3,(H,3,4). The molecule has 0 fully saturated rings. The second kappa shape index (κ2) is 7.52. The zero-order valence-corrected chi connectivity index (χ0v) is 11.8. The third-order valence-corrected chi connectivity index (χ3v) is 1.71. The molecule has 0 rings (SSSR count). The average Bonchev–Trinajstić information content (AvgIpc) is 2.11. The van der Waals surface area contributed by atoms with Gasteiger partial charge >= 0.3 is 6.09 Å². The number of nitrogens with one attached hydrogen (secondary N) is 1. The Bertz CT molecular complexity index is 306. The lowest BCUT2D eigenvalue weighted by atomic mass is 10.2. The summed E-state index contributed by atoms with van der Waals surface area (Å²) < 4.78 is 5.11. The molecule has 0 saturated heterocycles. The van der Waals surface area contributed by atoms with E-state index in [1.54, 1.807) is 34.7 Å². The van der Waals surface area contributed by atoms with Crippen molar-refractivity contribution < 1.29 is 19.4 Å². The molecule has 1 amide bonds. The molecule has 1 unspecified atom stereocenters. The van der Waals surface area contributed by atoms with Crippen molar-refractivity contribution in [1.29, 1.82) is 5.41 Å². The van der Waals surface area contributed by atoms with E-state index in [1.165, 1.54) is 4.90 Å². The monoisotopic (exact) mass is 261 g/mol. The lowest BCUT2D eigenvalue weighted by Crippen LogP contribution is -2.45. The molecule has 0 aromatic rings. The van der Waals surface area contributed by atoms with Gasteiger partial charge in [-0.2, -0.15) is 0 Å². The Morgan fingerprint density at radius 1 is 1.39 bits per heavy atom. The average molecular weight is 261 g/mol. The Morgan fingerprint density at radius 2 is 1.72 bits per heavy atom. The minimum absolute atomic E-state index is 0.0571. The van der Waals surface area contributed by atoms with E-state index in [0.29, 0.717) is 0 Å². The first kappa shape index (κ1) is 18.6. The number of amides is 1. The van der Waals surface area contributed by atoms with Crippen LogP contribution in [-0.4, -0.2) is 46.6 Å². The third kappa shape index (κ3) is 10.7. The SMILES string of the molecule is CC(=O)O.CC(C(=N)N)N(C)C(=O)OC(C)(C)C. The molecule has 7 nitrogen and oxygen atoms in total. The van der Waals surface area contributed by atoms with Crippen molar-refractivity contribution in [2.45, 2.75) is 46.3 Å². The maximum absolute atomic E-state index is 11.5. The highest BCUT2D eigenvalue weighted by molar-refractivity contribution is 5.85. The van der Waals surface area contributed by atoms with Crippen LogP contribution in [0.15, 0.2) is 0 Å². The summed E-state index contributed by atoms with van der Waals surface area (Å²) in [4.78, 5) is 21.8. The van der Waals surface area contributed by atoms with Crippen LogP contribution in [0.5, 0.6) is 0 Å². The number of hydrogen-bond acceptors (Lipinski definition) is 4. The molecule has 18 heavy (non-hydrogen) atoms. The highest BCUT2D eigenvalue weighted by Crippen LogP contribution is 2.10. The highest BCUT2D eigenvalue weighted by atomic mass is 16.6. The van der Waals surface area contributed by atoms with Crippen LogP contribution < -0.4 is 5.73 Å². The number of carboxylic acid groups (broad SMARTS) is 1. The van der Waals surface area contributed by atoms with Crippen molar-refractivity contribution in [3.05, 3.63) is 0 Å². The summed E-state index contributed by atoms with van der Waals surface area (Å²) in [6.07, 6.45) is -0.472. The van der Waals surface area contributed by atoms with E-state index in [4.69, 9.17) is 25.8 Å². The van der Waals surface area contributed by atoms with Crippen molar-refractivity contribution in [3.63, 3.8) is 0 Å². The normalized spacial score (nSPS) is 11.7. The molecule has 0 heterocycles. The van der Waals surface area contributed by atoms with Gasteiger partial charge in [0.15, 0.2) is 0 Å². The largest absolute Gasteiger partial charge is 0.481 e. The van der Waals surface area contributed by atoms with Gasteiger partial charge in [-0.1, -0.05) is 0 Å². The molecule has 4 N–H and O–H groups in total. The summed E-state index contributed by atoms with van der Waals surface area (Å²) in [5, 5.41) is 14.6. The molecule has 0 spiro atoms. The number of rotatable bonds is 2. The molecular weight excluding hydrogens is 238 g/mol. The number of amidine groups is 1. The summed E-state index contributed by atoms with van der Waals surface area (Å²) in [5.74, 6) is -0.890. The van der Waals surface area contributed by atoms with E-state index in [-0.39, 0.29) is 5.84 Å². The van der Waals surface area contributed by atoms with Gasteiger partial charge in [-0.25, -0.2) is 4.79 Å². The minimum atomic E-state index is -0.833. The lowest BCUT2D eigenvalue weighted by molar-refractivity contribution is -0.134. The number of carboxylic acids is 1. The van der Waals surface area contributed by atoms with Gasteiger partial charge in [0.05, 0.1) is 6.04 Å². The molecule has 0 aliphatic rings. The molecule has 106 valence electrons. The Kier molecular flexibility index (Phi) is 7.76. The number of nitrogens with two attached hydrogens (primary N) is 1. The van der Waals surface area contributed by atoms with Crippen LogP contribution in [0.4, 0.5) is 4.79 Å².